The largest absolute Gasteiger partial charge is 0.322 e. The van der Waals surface area contributed by atoms with E-state index in [0.717, 1.165) is 0 Å². The standard InChI is InChI=1S/C15H11Cl2NO2/c1-9(19)10-2-5-12(6-3-10)18-15(20)11-4-7-13(16)14(17)8-11/h2-8H,1H3,(H,18,20). The van der Waals surface area contributed by atoms with E-state index in [1.54, 1.807) is 36.4 Å². The topological polar surface area (TPSA) is 46.2 Å². The lowest BCUT2D eigenvalue weighted by atomic mass is 10.1. The van der Waals surface area contributed by atoms with Crippen molar-refractivity contribution in [1.82, 2.24) is 0 Å². The second kappa shape index (κ2) is 6.07. The Morgan fingerprint density at radius 1 is 0.900 bits per heavy atom. The van der Waals surface area contributed by atoms with Crippen molar-refractivity contribution in [3.63, 3.8) is 0 Å². The molecule has 1 N–H and O–H groups in total. The van der Waals surface area contributed by atoms with Crippen LogP contribution < -0.4 is 5.32 Å². The van der Waals surface area contributed by atoms with Crippen molar-refractivity contribution >= 4 is 40.6 Å². The molecule has 0 aliphatic carbocycles. The average molecular weight is 308 g/mol. The molecule has 0 unspecified atom stereocenters. The number of hydrogen-bond donors (Lipinski definition) is 1. The number of carbonyl (C=O) groups is 2. The summed E-state index contributed by atoms with van der Waals surface area (Å²) in [4.78, 5) is 23.2. The smallest absolute Gasteiger partial charge is 0.255 e. The molecule has 0 atom stereocenters. The minimum Gasteiger partial charge on any atom is -0.322 e. The molecule has 0 saturated heterocycles. The predicted molar refractivity (Wildman–Crippen MR) is 80.9 cm³/mol. The van der Waals surface area contributed by atoms with Crippen molar-refractivity contribution in [2.75, 3.05) is 5.32 Å². The van der Waals surface area contributed by atoms with E-state index in [1.165, 1.54) is 13.0 Å². The third-order valence-electron chi connectivity index (χ3n) is 2.73. The van der Waals surface area contributed by atoms with Gasteiger partial charge in [-0.15, -0.1) is 0 Å². The number of amides is 1. The maximum atomic E-state index is 12.0. The second-order valence-corrected chi connectivity index (χ2v) is 5.03. The molecule has 0 aliphatic heterocycles. The van der Waals surface area contributed by atoms with E-state index >= 15 is 0 Å². The molecule has 0 heterocycles. The van der Waals surface area contributed by atoms with Crippen LogP contribution in [0.25, 0.3) is 0 Å². The monoisotopic (exact) mass is 307 g/mol. The first kappa shape index (κ1) is 14.6. The van der Waals surface area contributed by atoms with Gasteiger partial charge < -0.3 is 5.32 Å². The fourth-order valence-electron chi connectivity index (χ4n) is 1.63. The van der Waals surface area contributed by atoms with Crippen LogP contribution in [0.15, 0.2) is 42.5 Å². The highest BCUT2D eigenvalue weighted by Crippen LogP contribution is 2.23. The van der Waals surface area contributed by atoms with Crippen molar-refractivity contribution < 1.29 is 9.59 Å². The summed E-state index contributed by atoms with van der Waals surface area (Å²) >= 11 is 11.7. The van der Waals surface area contributed by atoms with E-state index in [9.17, 15) is 9.59 Å². The Labute approximate surface area is 126 Å². The molecule has 20 heavy (non-hydrogen) atoms. The predicted octanol–water partition coefficient (Wildman–Crippen LogP) is 4.45. The minimum atomic E-state index is -0.292. The molecule has 2 rings (SSSR count). The van der Waals surface area contributed by atoms with E-state index in [2.05, 4.69) is 5.32 Å². The number of halogens is 2. The van der Waals surface area contributed by atoms with Crippen LogP contribution in [0.3, 0.4) is 0 Å². The number of rotatable bonds is 3. The number of ketones is 1. The van der Waals surface area contributed by atoms with Gasteiger partial charge in [0.25, 0.3) is 5.91 Å². The molecule has 0 fully saturated rings. The Morgan fingerprint density at radius 2 is 1.50 bits per heavy atom. The second-order valence-electron chi connectivity index (χ2n) is 4.22. The van der Waals surface area contributed by atoms with Crippen LogP contribution in [0.2, 0.25) is 10.0 Å². The van der Waals surface area contributed by atoms with Gasteiger partial charge in [0.2, 0.25) is 0 Å². The van der Waals surface area contributed by atoms with Crippen molar-refractivity contribution in [2.45, 2.75) is 6.92 Å². The van der Waals surface area contributed by atoms with Gasteiger partial charge in [0.15, 0.2) is 5.78 Å². The molecule has 0 saturated carbocycles. The number of benzene rings is 2. The molecule has 0 aromatic heterocycles. The van der Waals surface area contributed by atoms with Gasteiger partial charge in [-0.05, 0) is 49.4 Å². The Morgan fingerprint density at radius 3 is 2.05 bits per heavy atom. The van der Waals surface area contributed by atoms with Crippen LogP contribution in [-0.4, -0.2) is 11.7 Å². The van der Waals surface area contributed by atoms with Crippen LogP contribution in [0.5, 0.6) is 0 Å². The van der Waals surface area contributed by atoms with E-state index in [4.69, 9.17) is 23.2 Å². The fraction of sp³-hybridized carbons (Fsp3) is 0.0667. The molecule has 102 valence electrons. The van der Waals surface area contributed by atoms with Gasteiger partial charge in [-0.2, -0.15) is 0 Å². The number of carbonyl (C=O) groups excluding carboxylic acids is 2. The molecule has 0 bridgehead atoms. The van der Waals surface area contributed by atoms with Gasteiger partial charge in [-0.25, -0.2) is 0 Å². The summed E-state index contributed by atoms with van der Waals surface area (Å²) in [6.45, 7) is 1.49. The quantitative estimate of drug-likeness (QED) is 0.852. The number of hydrogen-bond acceptors (Lipinski definition) is 2. The van der Waals surface area contributed by atoms with Gasteiger partial charge >= 0.3 is 0 Å². The van der Waals surface area contributed by atoms with E-state index < -0.39 is 0 Å². The van der Waals surface area contributed by atoms with Gasteiger partial charge in [0, 0.05) is 16.8 Å². The van der Waals surface area contributed by atoms with E-state index in [1.807, 2.05) is 0 Å². The summed E-state index contributed by atoms with van der Waals surface area (Å²) in [6.07, 6.45) is 0. The number of nitrogens with one attached hydrogen (secondary N) is 1. The Kier molecular flexibility index (Phi) is 4.42. The van der Waals surface area contributed by atoms with Crippen molar-refractivity contribution in [3.8, 4) is 0 Å². The summed E-state index contributed by atoms with van der Waals surface area (Å²) < 4.78 is 0. The van der Waals surface area contributed by atoms with Crippen molar-refractivity contribution in [3.05, 3.63) is 63.6 Å². The molecule has 0 radical (unpaired) electrons. The zero-order chi connectivity index (χ0) is 14.7. The number of Topliss-reactive ketones (excluding diaryl/α,β-unsaturated/α-hetero) is 1. The van der Waals surface area contributed by atoms with Gasteiger partial charge in [-0.3, -0.25) is 9.59 Å². The van der Waals surface area contributed by atoms with Gasteiger partial charge in [0.05, 0.1) is 10.0 Å². The van der Waals surface area contributed by atoms with Crippen LogP contribution in [0.4, 0.5) is 5.69 Å². The molecule has 3 nitrogen and oxygen atoms in total. The fourth-order valence-corrected chi connectivity index (χ4v) is 1.93. The zero-order valence-corrected chi connectivity index (χ0v) is 12.1. The van der Waals surface area contributed by atoms with Crippen LogP contribution in [0, 0.1) is 0 Å². The Balaban J connectivity index is 2.14. The minimum absolute atomic E-state index is 0.0210. The molecular formula is C15H11Cl2NO2. The molecule has 2 aromatic carbocycles. The van der Waals surface area contributed by atoms with Gasteiger partial charge in [0.1, 0.15) is 0 Å². The van der Waals surface area contributed by atoms with Crippen molar-refractivity contribution in [2.24, 2.45) is 0 Å². The van der Waals surface area contributed by atoms with Crippen LogP contribution in [0.1, 0.15) is 27.6 Å². The van der Waals surface area contributed by atoms with E-state index in [0.29, 0.717) is 26.9 Å². The highest BCUT2D eigenvalue weighted by atomic mass is 35.5. The summed E-state index contributed by atoms with van der Waals surface area (Å²) in [5.41, 5.74) is 1.61. The molecule has 0 aliphatic rings. The molecular weight excluding hydrogens is 297 g/mol. The SMILES string of the molecule is CC(=O)c1ccc(NC(=O)c2ccc(Cl)c(Cl)c2)cc1. The summed E-state index contributed by atoms with van der Waals surface area (Å²) in [7, 11) is 0. The molecule has 2 aromatic rings. The maximum absolute atomic E-state index is 12.0. The van der Waals surface area contributed by atoms with Crippen molar-refractivity contribution in [1.29, 1.82) is 0 Å². The van der Waals surface area contributed by atoms with Crippen LogP contribution >= 0.6 is 23.2 Å². The summed E-state index contributed by atoms with van der Waals surface area (Å²) in [5.74, 6) is -0.313. The third-order valence-corrected chi connectivity index (χ3v) is 3.47. The summed E-state index contributed by atoms with van der Waals surface area (Å²) in [6, 6.07) is 11.3. The van der Waals surface area contributed by atoms with E-state index in [-0.39, 0.29) is 11.7 Å². The summed E-state index contributed by atoms with van der Waals surface area (Å²) in [5, 5.41) is 3.44. The first-order valence-electron chi connectivity index (χ1n) is 5.85. The molecule has 0 spiro atoms. The zero-order valence-electron chi connectivity index (χ0n) is 10.6. The van der Waals surface area contributed by atoms with Gasteiger partial charge in [-0.1, -0.05) is 23.2 Å². The lowest BCUT2D eigenvalue weighted by Crippen LogP contribution is -2.11. The normalized spacial score (nSPS) is 10.2. The maximum Gasteiger partial charge on any atom is 0.255 e. The average Bonchev–Trinajstić information content (AvgIpc) is 2.42. The Hall–Kier alpha value is -1.84. The third kappa shape index (κ3) is 3.38. The highest BCUT2D eigenvalue weighted by Gasteiger charge is 2.08. The molecule has 1 amide bonds. The van der Waals surface area contributed by atoms with Crippen LogP contribution in [-0.2, 0) is 0 Å². The first-order valence-corrected chi connectivity index (χ1v) is 6.60. The Bertz CT molecular complexity index is 666. The lowest BCUT2D eigenvalue weighted by Gasteiger charge is -2.06. The highest BCUT2D eigenvalue weighted by molar-refractivity contribution is 6.42. The number of anilines is 1. The molecule has 5 heteroatoms. The first-order chi connectivity index (χ1) is 9.47. The lowest BCUT2D eigenvalue weighted by molar-refractivity contribution is 0.101.